The fraction of sp³-hybridized carbons (Fsp3) is 0.800. The van der Waals surface area contributed by atoms with E-state index in [1.165, 1.54) is 0 Å². The molecule has 0 spiro atoms. The van der Waals surface area contributed by atoms with Crippen LogP contribution in [0, 0.1) is 11.8 Å². The summed E-state index contributed by atoms with van der Waals surface area (Å²) in [6.45, 7) is 1.72. The van der Waals surface area contributed by atoms with Crippen LogP contribution in [0.1, 0.15) is 25.7 Å². The van der Waals surface area contributed by atoms with Crippen molar-refractivity contribution in [3.8, 4) is 0 Å². The Morgan fingerprint density at radius 2 is 2.15 bits per heavy atom. The van der Waals surface area contributed by atoms with Gasteiger partial charge in [-0.3, -0.25) is 9.59 Å². The summed E-state index contributed by atoms with van der Waals surface area (Å²) in [5, 5.41) is 0. The average molecular weight is 181 g/mol. The van der Waals surface area contributed by atoms with E-state index in [4.69, 9.17) is 0 Å². The Hall–Kier alpha value is -0.860. The number of ketones is 1. The Kier molecular flexibility index (Phi) is 2.34. The number of hydrogen-bond donors (Lipinski definition) is 0. The zero-order valence-electron chi connectivity index (χ0n) is 7.74. The summed E-state index contributed by atoms with van der Waals surface area (Å²) in [4.78, 5) is 23.6. The first-order valence-electron chi connectivity index (χ1n) is 5.00. The highest BCUT2D eigenvalue weighted by molar-refractivity contribution is 5.79. The average Bonchev–Trinajstić information content (AvgIpc) is 2.17. The van der Waals surface area contributed by atoms with Crippen molar-refractivity contribution in [1.29, 1.82) is 0 Å². The number of hydrogen-bond acceptors (Lipinski definition) is 2. The van der Waals surface area contributed by atoms with Crippen molar-refractivity contribution < 1.29 is 9.59 Å². The first-order chi connectivity index (χ1) is 6.29. The van der Waals surface area contributed by atoms with E-state index in [0.717, 1.165) is 45.2 Å². The fourth-order valence-corrected chi connectivity index (χ4v) is 2.54. The molecule has 2 unspecified atom stereocenters. The molecular formula is C10H15NO2. The van der Waals surface area contributed by atoms with E-state index in [2.05, 4.69) is 0 Å². The van der Waals surface area contributed by atoms with Gasteiger partial charge in [-0.2, -0.15) is 0 Å². The van der Waals surface area contributed by atoms with Gasteiger partial charge in [0.05, 0.1) is 0 Å². The van der Waals surface area contributed by atoms with Gasteiger partial charge in [0, 0.05) is 25.9 Å². The van der Waals surface area contributed by atoms with Gasteiger partial charge >= 0.3 is 0 Å². The van der Waals surface area contributed by atoms with Crippen LogP contribution in [0.5, 0.6) is 0 Å². The van der Waals surface area contributed by atoms with Gasteiger partial charge < -0.3 is 4.90 Å². The van der Waals surface area contributed by atoms with Gasteiger partial charge in [-0.05, 0) is 24.7 Å². The maximum absolute atomic E-state index is 11.2. The summed E-state index contributed by atoms with van der Waals surface area (Å²) in [5.41, 5.74) is 0. The molecule has 0 aromatic heterocycles. The molecule has 0 bridgehead atoms. The number of amides is 1. The molecule has 1 saturated carbocycles. The largest absolute Gasteiger partial charge is 0.345 e. The summed E-state index contributed by atoms with van der Waals surface area (Å²) in [7, 11) is 0. The van der Waals surface area contributed by atoms with Crippen LogP contribution in [0.3, 0.4) is 0 Å². The first kappa shape index (κ1) is 8.73. The second kappa shape index (κ2) is 3.48. The third-order valence-corrected chi connectivity index (χ3v) is 3.36. The molecule has 1 aliphatic heterocycles. The first-order valence-corrected chi connectivity index (χ1v) is 5.00. The zero-order valence-corrected chi connectivity index (χ0v) is 7.74. The molecule has 3 heteroatoms. The molecule has 0 N–H and O–H groups in total. The van der Waals surface area contributed by atoms with Crippen LogP contribution in [0.25, 0.3) is 0 Å². The molecule has 1 saturated heterocycles. The minimum absolute atomic E-state index is 0.417. The standard InChI is InChI=1S/C10H15NO2/c12-7-11-4-3-8-5-10(13)2-1-9(8)6-11/h7-9H,1-6H2. The molecule has 0 radical (unpaired) electrons. The van der Waals surface area contributed by atoms with Crippen LogP contribution >= 0.6 is 0 Å². The number of piperidine rings is 1. The number of Topliss-reactive ketones (excluding diaryl/α,β-unsaturated/α-hetero) is 1. The molecule has 2 rings (SSSR count). The lowest BCUT2D eigenvalue weighted by atomic mass is 9.75. The lowest BCUT2D eigenvalue weighted by Crippen LogP contribution is -2.42. The summed E-state index contributed by atoms with van der Waals surface area (Å²) in [6, 6.07) is 0. The Labute approximate surface area is 78.1 Å². The van der Waals surface area contributed by atoms with Crippen molar-refractivity contribution in [3.63, 3.8) is 0 Å². The van der Waals surface area contributed by atoms with Crippen molar-refractivity contribution in [3.05, 3.63) is 0 Å². The highest BCUT2D eigenvalue weighted by atomic mass is 16.1. The Bertz CT molecular complexity index is 227. The lowest BCUT2D eigenvalue weighted by Gasteiger charge is -2.39. The SMILES string of the molecule is O=CN1CCC2CC(=O)CCC2C1. The predicted molar refractivity (Wildman–Crippen MR) is 48.1 cm³/mol. The van der Waals surface area contributed by atoms with E-state index in [9.17, 15) is 9.59 Å². The van der Waals surface area contributed by atoms with Crippen LogP contribution < -0.4 is 0 Å². The summed E-state index contributed by atoms with van der Waals surface area (Å²) < 4.78 is 0. The van der Waals surface area contributed by atoms with E-state index in [1.807, 2.05) is 4.90 Å². The van der Waals surface area contributed by atoms with Crippen LogP contribution in [0.4, 0.5) is 0 Å². The number of fused-ring (bicyclic) bond motifs is 1. The molecule has 0 aromatic rings. The van der Waals surface area contributed by atoms with Gasteiger partial charge in [0.2, 0.25) is 6.41 Å². The number of carbonyl (C=O) groups excluding carboxylic acids is 2. The quantitative estimate of drug-likeness (QED) is 0.562. The Balaban J connectivity index is 1.97. The highest BCUT2D eigenvalue weighted by Gasteiger charge is 2.33. The Morgan fingerprint density at radius 3 is 2.92 bits per heavy atom. The van der Waals surface area contributed by atoms with Crippen molar-refractivity contribution in [2.75, 3.05) is 13.1 Å². The van der Waals surface area contributed by atoms with Crippen molar-refractivity contribution in [2.24, 2.45) is 11.8 Å². The second-order valence-corrected chi connectivity index (χ2v) is 4.19. The minimum atomic E-state index is 0.417. The van der Waals surface area contributed by atoms with Gasteiger partial charge in [-0.25, -0.2) is 0 Å². The van der Waals surface area contributed by atoms with Crippen LogP contribution in [-0.4, -0.2) is 30.2 Å². The number of likely N-dealkylation sites (tertiary alicyclic amines) is 1. The second-order valence-electron chi connectivity index (χ2n) is 4.19. The molecule has 3 nitrogen and oxygen atoms in total. The van der Waals surface area contributed by atoms with E-state index in [0.29, 0.717) is 17.6 Å². The summed E-state index contributed by atoms with van der Waals surface area (Å²) in [5.74, 6) is 1.58. The molecule has 2 atom stereocenters. The van der Waals surface area contributed by atoms with Crippen LogP contribution in [0.2, 0.25) is 0 Å². The van der Waals surface area contributed by atoms with Gasteiger partial charge in [-0.1, -0.05) is 0 Å². The van der Waals surface area contributed by atoms with E-state index < -0.39 is 0 Å². The normalized spacial score (nSPS) is 34.2. The third-order valence-electron chi connectivity index (χ3n) is 3.36. The molecule has 2 fully saturated rings. The zero-order chi connectivity index (χ0) is 9.26. The maximum Gasteiger partial charge on any atom is 0.209 e. The van der Waals surface area contributed by atoms with E-state index >= 15 is 0 Å². The number of carbonyl (C=O) groups is 2. The molecule has 1 heterocycles. The smallest absolute Gasteiger partial charge is 0.209 e. The monoisotopic (exact) mass is 181 g/mol. The molecule has 13 heavy (non-hydrogen) atoms. The minimum Gasteiger partial charge on any atom is -0.345 e. The van der Waals surface area contributed by atoms with Crippen molar-refractivity contribution in [1.82, 2.24) is 4.90 Å². The maximum atomic E-state index is 11.2. The molecule has 2 aliphatic rings. The molecule has 72 valence electrons. The van der Waals surface area contributed by atoms with Gasteiger partial charge in [0.25, 0.3) is 0 Å². The molecular weight excluding hydrogens is 166 g/mol. The van der Waals surface area contributed by atoms with Crippen molar-refractivity contribution >= 4 is 12.2 Å². The number of nitrogens with zero attached hydrogens (tertiary/aromatic N) is 1. The highest BCUT2D eigenvalue weighted by Crippen LogP contribution is 2.33. The van der Waals surface area contributed by atoms with E-state index in [-0.39, 0.29) is 0 Å². The van der Waals surface area contributed by atoms with Crippen molar-refractivity contribution in [2.45, 2.75) is 25.7 Å². The van der Waals surface area contributed by atoms with Gasteiger partial charge in [0.15, 0.2) is 0 Å². The van der Waals surface area contributed by atoms with Gasteiger partial charge in [-0.15, -0.1) is 0 Å². The summed E-state index contributed by atoms with van der Waals surface area (Å²) >= 11 is 0. The van der Waals surface area contributed by atoms with Crippen LogP contribution in [-0.2, 0) is 9.59 Å². The number of rotatable bonds is 1. The fourth-order valence-electron chi connectivity index (χ4n) is 2.54. The molecule has 1 aliphatic carbocycles. The molecule has 1 amide bonds. The van der Waals surface area contributed by atoms with Crippen LogP contribution in [0.15, 0.2) is 0 Å². The molecule has 0 aromatic carbocycles. The van der Waals surface area contributed by atoms with Gasteiger partial charge in [0.1, 0.15) is 5.78 Å². The topological polar surface area (TPSA) is 37.4 Å². The predicted octanol–water partition coefficient (Wildman–Crippen LogP) is 0.834. The summed E-state index contributed by atoms with van der Waals surface area (Å²) in [6.07, 6.45) is 4.45. The van der Waals surface area contributed by atoms with E-state index in [1.54, 1.807) is 0 Å². The third kappa shape index (κ3) is 1.74. The lowest BCUT2D eigenvalue weighted by molar-refractivity contribution is -0.126. The Morgan fingerprint density at radius 1 is 1.31 bits per heavy atom.